The van der Waals surface area contributed by atoms with E-state index in [9.17, 15) is 9.90 Å². The number of halogens is 1. The summed E-state index contributed by atoms with van der Waals surface area (Å²) in [6.45, 7) is 2.84. The molecule has 1 aromatic heterocycles. The maximum absolute atomic E-state index is 12.2. The minimum Gasteiger partial charge on any atom is -0.392 e. The van der Waals surface area contributed by atoms with Crippen LogP contribution in [0.2, 0.25) is 5.02 Å². The Kier molecular flexibility index (Phi) is 6.52. The van der Waals surface area contributed by atoms with Crippen molar-refractivity contribution in [2.24, 2.45) is 0 Å². The van der Waals surface area contributed by atoms with Gasteiger partial charge in [-0.1, -0.05) is 17.7 Å². The molecule has 0 fully saturated rings. The first kappa shape index (κ1) is 17.4. The lowest BCUT2D eigenvalue weighted by Crippen LogP contribution is -2.37. The Morgan fingerprint density at radius 1 is 1.35 bits per heavy atom. The summed E-state index contributed by atoms with van der Waals surface area (Å²) in [5.74, 6) is -0.142. The SMILES string of the molecule is C[C@H](O)CN(CC(=O)Nc1ccc(Cl)cc1)Cc1cccnc1. The summed E-state index contributed by atoms with van der Waals surface area (Å²) in [6.07, 6.45) is 2.94. The van der Waals surface area contributed by atoms with Crippen LogP contribution in [0.4, 0.5) is 5.69 Å². The van der Waals surface area contributed by atoms with Crippen LogP contribution in [0.5, 0.6) is 0 Å². The van der Waals surface area contributed by atoms with Crippen molar-refractivity contribution in [1.82, 2.24) is 9.88 Å². The first-order valence-corrected chi connectivity index (χ1v) is 7.75. The van der Waals surface area contributed by atoms with Gasteiger partial charge in [-0.05, 0) is 42.8 Å². The average Bonchev–Trinajstić information content (AvgIpc) is 2.50. The zero-order chi connectivity index (χ0) is 16.7. The van der Waals surface area contributed by atoms with E-state index >= 15 is 0 Å². The van der Waals surface area contributed by atoms with E-state index in [2.05, 4.69) is 10.3 Å². The Balaban J connectivity index is 1.96. The number of aliphatic hydroxyl groups is 1. The van der Waals surface area contributed by atoms with Gasteiger partial charge in [0.1, 0.15) is 0 Å². The number of amides is 1. The van der Waals surface area contributed by atoms with Crippen molar-refractivity contribution in [2.45, 2.75) is 19.6 Å². The predicted molar refractivity (Wildman–Crippen MR) is 91.3 cm³/mol. The lowest BCUT2D eigenvalue weighted by Gasteiger charge is -2.23. The number of benzene rings is 1. The molecule has 0 aliphatic rings. The van der Waals surface area contributed by atoms with E-state index in [-0.39, 0.29) is 12.5 Å². The third-order valence-electron chi connectivity index (χ3n) is 3.15. The Bertz CT molecular complexity index is 617. The molecule has 6 heteroatoms. The van der Waals surface area contributed by atoms with Crippen molar-refractivity contribution >= 4 is 23.2 Å². The summed E-state index contributed by atoms with van der Waals surface area (Å²) in [7, 11) is 0. The van der Waals surface area contributed by atoms with Crippen LogP contribution in [-0.2, 0) is 11.3 Å². The standard InChI is InChI=1S/C17H20ClN3O2/c1-13(22)10-21(11-14-3-2-8-19-9-14)12-17(23)20-16-6-4-15(18)5-7-16/h2-9,13,22H,10-12H2,1H3,(H,20,23)/t13-/m0/s1. The maximum Gasteiger partial charge on any atom is 0.238 e. The van der Waals surface area contributed by atoms with Gasteiger partial charge in [-0.25, -0.2) is 0 Å². The molecule has 2 aromatic rings. The van der Waals surface area contributed by atoms with Crippen molar-refractivity contribution in [3.8, 4) is 0 Å². The van der Waals surface area contributed by atoms with Gasteiger partial charge in [0.25, 0.3) is 0 Å². The Morgan fingerprint density at radius 2 is 2.09 bits per heavy atom. The zero-order valence-electron chi connectivity index (χ0n) is 12.9. The van der Waals surface area contributed by atoms with Gasteiger partial charge in [0.15, 0.2) is 0 Å². The molecular weight excluding hydrogens is 314 g/mol. The van der Waals surface area contributed by atoms with Crippen LogP contribution in [0.1, 0.15) is 12.5 Å². The second-order valence-corrected chi connectivity index (χ2v) is 5.87. The monoisotopic (exact) mass is 333 g/mol. The van der Waals surface area contributed by atoms with Crippen LogP contribution in [0.3, 0.4) is 0 Å². The number of nitrogens with one attached hydrogen (secondary N) is 1. The number of aromatic nitrogens is 1. The highest BCUT2D eigenvalue weighted by Gasteiger charge is 2.14. The number of aliphatic hydroxyl groups excluding tert-OH is 1. The molecule has 0 saturated heterocycles. The summed E-state index contributed by atoms with van der Waals surface area (Å²) in [5, 5.41) is 13.1. The molecule has 1 heterocycles. The third-order valence-corrected chi connectivity index (χ3v) is 3.40. The quantitative estimate of drug-likeness (QED) is 0.817. The van der Waals surface area contributed by atoms with Crippen molar-refractivity contribution < 1.29 is 9.90 Å². The largest absolute Gasteiger partial charge is 0.392 e. The fourth-order valence-corrected chi connectivity index (χ4v) is 2.37. The minimum atomic E-state index is -0.519. The normalized spacial score (nSPS) is 12.2. The number of carbonyl (C=O) groups is 1. The van der Waals surface area contributed by atoms with Gasteiger partial charge in [0.2, 0.25) is 5.91 Å². The van der Waals surface area contributed by atoms with Gasteiger partial charge in [-0.2, -0.15) is 0 Å². The Labute approximate surface area is 140 Å². The topological polar surface area (TPSA) is 65.5 Å². The molecule has 0 saturated carbocycles. The van der Waals surface area contributed by atoms with Crippen molar-refractivity contribution in [2.75, 3.05) is 18.4 Å². The molecule has 2 N–H and O–H groups in total. The Morgan fingerprint density at radius 3 is 2.70 bits per heavy atom. The molecule has 1 aromatic carbocycles. The zero-order valence-corrected chi connectivity index (χ0v) is 13.7. The number of pyridine rings is 1. The van der Waals surface area contributed by atoms with E-state index in [0.717, 1.165) is 5.56 Å². The lowest BCUT2D eigenvalue weighted by atomic mass is 10.2. The molecule has 0 spiro atoms. The number of hydrogen-bond acceptors (Lipinski definition) is 4. The van der Waals surface area contributed by atoms with E-state index in [1.54, 1.807) is 43.6 Å². The lowest BCUT2D eigenvalue weighted by molar-refractivity contribution is -0.117. The van der Waals surface area contributed by atoms with Gasteiger partial charge in [0.05, 0.1) is 12.6 Å². The van der Waals surface area contributed by atoms with Gasteiger partial charge in [-0.3, -0.25) is 14.7 Å². The molecule has 0 bridgehead atoms. The van der Waals surface area contributed by atoms with Crippen molar-refractivity contribution in [3.63, 3.8) is 0 Å². The molecule has 1 amide bonds. The molecule has 1 atom stereocenters. The Hall–Kier alpha value is -1.95. The second kappa shape index (κ2) is 8.62. The molecule has 0 radical (unpaired) electrons. The first-order chi connectivity index (χ1) is 11.0. The highest BCUT2D eigenvalue weighted by atomic mass is 35.5. The summed E-state index contributed by atoms with van der Waals surface area (Å²) in [5.41, 5.74) is 1.69. The van der Waals surface area contributed by atoms with Crippen LogP contribution in [0.25, 0.3) is 0 Å². The molecule has 2 rings (SSSR count). The van der Waals surface area contributed by atoms with Crippen LogP contribution in [0.15, 0.2) is 48.8 Å². The number of hydrogen-bond donors (Lipinski definition) is 2. The number of anilines is 1. The number of carbonyl (C=O) groups excluding carboxylic acids is 1. The van der Waals surface area contributed by atoms with E-state index in [0.29, 0.717) is 23.8 Å². The highest BCUT2D eigenvalue weighted by Crippen LogP contribution is 2.13. The minimum absolute atomic E-state index is 0.142. The molecule has 122 valence electrons. The van der Waals surface area contributed by atoms with Crippen LogP contribution in [-0.4, -0.2) is 40.1 Å². The van der Waals surface area contributed by atoms with E-state index < -0.39 is 6.10 Å². The van der Waals surface area contributed by atoms with Crippen molar-refractivity contribution in [1.29, 1.82) is 0 Å². The predicted octanol–water partition coefficient (Wildman–Crippen LogP) is 2.56. The summed E-state index contributed by atoms with van der Waals surface area (Å²) in [4.78, 5) is 18.1. The number of rotatable bonds is 7. The maximum atomic E-state index is 12.2. The van der Waals surface area contributed by atoms with Crippen LogP contribution < -0.4 is 5.32 Å². The highest BCUT2D eigenvalue weighted by molar-refractivity contribution is 6.30. The van der Waals surface area contributed by atoms with E-state index in [4.69, 9.17) is 11.6 Å². The second-order valence-electron chi connectivity index (χ2n) is 5.43. The van der Waals surface area contributed by atoms with Crippen LogP contribution in [0, 0.1) is 0 Å². The van der Waals surface area contributed by atoms with E-state index in [1.807, 2.05) is 17.0 Å². The van der Waals surface area contributed by atoms with Gasteiger partial charge in [-0.15, -0.1) is 0 Å². The summed E-state index contributed by atoms with van der Waals surface area (Å²) >= 11 is 5.83. The summed E-state index contributed by atoms with van der Waals surface area (Å²) in [6, 6.07) is 10.7. The number of nitrogens with zero attached hydrogens (tertiary/aromatic N) is 2. The molecule has 0 unspecified atom stereocenters. The van der Waals surface area contributed by atoms with Gasteiger partial charge in [0, 0.05) is 36.2 Å². The fraction of sp³-hybridized carbons (Fsp3) is 0.294. The average molecular weight is 334 g/mol. The third kappa shape index (κ3) is 6.36. The molecule has 0 aliphatic heterocycles. The van der Waals surface area contributed by atoms with Gasteiger partial charge < -0.3 is 10.4 Å². The van der Waals surface area contributed by atoms with E-state index in [1.165, 1.54) is 0 Å². The molecule has 23 heavy (non-hydrogen) atoms. The van der Waals surface area contributed by atoms with Crippen LogP contribution >= 0.6 is 11.6 Å². The van der Waals surface area contributed by atoms with Crippen molar-refractivity contribution in [3.05, 3.63) is 59.4 Å². The summed E-state index contributed by atoms with van der Waals surface area (Å²) < 4.78 is 0. The smallest absolute Gasteiger partial charge is 0.238 e. The van der Waals surface area contributed by atoms with Gasteiger partial charge >= 0.3 is 0 Å². The molecule has 0 aliphatic carbocycles. The molecule has 5 nitrogen and oxygen atoms in total. The molecular formula is C17H20ClN3O2. The first-order valence-electron chi connectivity index (χ1n) is 7.37. The fourth-order valence-electron chi connectivity index (χ4n) is 2.25.